The molecule has 1 aliphatic heterocycles. The van der Waals surface area contributed by atoms with Gasteiger partial charge in [-0.3, -0.25) is 14.5 Å². The molecule has 0 unspecified atom stereocenters. The molecular weight excluding hydrogens is 688 g/mol. The minimum atomic E-state index is -3.10. The zero-order valence-electron chi connectivity index (χ0n) is 28.1. The predicted molar refractivity (Wildman–Crippen MR) is 207 cm³/mol. The van der Waals surface area contributed by atoms with Crippen LogP contribution in [-0.2, 0) is 19.1 Å². The second-order valence-corrected chi connectivity index (χ2v) is 24.2. The molecule has 1 amide bonds. The van der Waals surface area contributed by atoms with E-state index in [1.54, 1.807) is 18.0 Å². The van der Waals surface area contributed by atoms with E-state index in [1.807, 2.05) is 109 Å². The molecule has 3 aromatic carbocycles. The summed E-state index contributed by atoms with van der Waals surface area (Å²) in [6.07, 6.45) is 2.66. The highest BCUT2D eigenvalue weighted by Gasteiger charge is 2.54. The number of nitrogens with zero attached hydrogens (tertiary/aromatic N) is 2. The summed E-state index contributed by atoms with van der Waals surface area (Å²) in [5, 5.41) is 13.1. The number of thioether (sulfide) groups is 2. The largest absolute Gasteiger partial charge is 0.461 e. The summed E-state index contributed by atoms with van der Waals surface area (Å²) in [6.45, 7) is 3.37. The highest BCUT2D eigenvalue weighted by atomic mass is 32.2. The van der Waals surface area contributed by atoms with Gasteiger partial charge in [0.1, 0.15) is 10.8 Å². The number of hydrogen-bond donors (Lipinski definition) is 1. The van der Waals surface area contributed by atoms with Gasteiger partial charge in [0.15, 0.2) is 5.12 Å². The Morgan fingerprint density at radius 3 is 1.90 bits per heavy atom. The smallest absolute Gasteiger partial charge is 0.356 e. The monoisotopic (exact) mass is 730 g/mol. The number of amides is 1. The van der Waals surface area contributed by atoms with E-state index in [9.17, 15) is 19.5 Å². The number of aliphatic hydroxyl groups is 1. The zero-order chi connectivity index (χ0) is 34.9. The Morgan fingerprint density at radius 2 is 1.41 bits per heavy atom. The van der Waals surface area contributed by atoms with Crippen LogP contribution >= 0.6 is 30.4 Å². The van der Waals surface area contributed by atoms with Crippen LogP contribution in [0, 0.1) is 5.92 Å². The van der Waals surface area contributed by atoms with Crippen LogP contribution in [0.5, 0.6) is 0 Å². The lowest BCUT2D eigenvalue weighted by Gasteiger charge is -2.48. The van der Waals surface area contributed by atoms with Crippen LogP contribution in [0.15, 0.2) is 120 Å². The average Bonchev–Trinajstić information content (AvgIpc) is 3.11. The third kappa shape index (κ3) is 8.67. The van der Waals surface area contributed by atoms with E-state index < -0.39 is 38.8 Å². The number of rotatable bonds is 15. The molecule has 11 heteroatoms. The van der Waals surface area contributed by atoms with Crippen molar-refractivity contribution in [2.75, 3.05) is 19.0 Å². The molecule has 2 atom stereocenters. The number of aromatic nitrogens is 1. The standard InChI is InChI=1S/C38H43N2O5PS2Si/c1-49(2,3)27-25-45-38(44)36(40-35(43)32(28-41)37(40)48-34(42)23-15-26-47-33-22-13-14-24-39-33)46(29-16-7-4-8-17-29,30-18-9-5-10-19-30)31-20-11-6-12-21-31/h4-14,16-22,24,32,37,41H,15,23,25-28H2,1-3H3/t32-,37+/m0/s1. The first-order valence-electron chi connectivity index (χ1n) is 16.4. The number of ether oxygens (including phenoxy) is 1. The molecule has 0 spiro atoms. The van der Waals surface area contributed by atoms with Crippen LogP contribution in [0.3, 0.4) is 0 Å². The minimum absolute atomic E-state index is 0.0999. The molecule has 4 aromatic rings. The van der Waals surface area contributed by atoms with Gasteiger partial charge in [0.05, 0.1) is 24.2 Å². The number of pyridine rings is 1. The number of carbonyl (C=O) groups is 3. The van der Waals surface area contributed by atoms with Crippen LogP contribution < -0.4 is 15.9 Å². The van der Waals surface area contributed by atoms with Crippen molar-refractivity contribution in [1.29, 1.82) is 0 Å². The van der Waals surface area contributed by atoms with E-state index in [4.69, 9.17) is 4.74 Å². The highest BCUT2D eigenvalue weighted by molar-refractivity contribution is 8.14. The number of hydrogen-bond acceptors (Lipinski definition) is 8. The van der Waals surface area contributed by atoms with Crippen molar-refractivity contribution >= 4 is 76.8 Å². The van der Waals surface area contributed by atoms with Crippen molar-refractivity contribution in [3.05, 3.63) is 115 Å². The summed E-state index contributed by atoms with van der Waals surface area (Å²) < 4.78 is 6.13. The molecular formula is C38H43N2O5PS2Si. The van der Waals surface area contributed by atoms with E-state index in [1.165, 1.54) is 4.90 Å². The Morgan fingerprint density at radius 1 is 0.857 bits per heavy atom. The van der Waals surface area contributed by atoms with E-state index >= 15 is 0 Å². The molecule has 5 rings (SSSR count). The molecule has 1 N–H and O–H groups in total. The van der Waals surface area contributed by atoms with Crippen molar-refractivity contribution in [3.8, 4) is 0 Å². The van der Waals surface area contributed by atoms with Gasteiger partial charge in [0, 0.05) is 27.6 Å². The van der Waals surface area contributed by atoms with Crippen molar-refractivity contribution in [1.82, 2.24) is 9.88 Å². The van der Waals surface area contributed by atoms with Crippen LogP contribution in [-0.4, -0.2) is 69.8 Å². The fourth-order valence-electron chi connectivity index (χ4n) is 5.75. The van der Waals surface area contributed by atoms with Crippen molar-refractivity contribution in [3.63, 3.8) is 0 Å². The van der Waals surface area contributed by atoms with Gasteiger partial charge in [-0.15, -0.1) is 11.8 Å². The molecule has 1 aromatic heterocycles. The molecule has 0 bridgehead atoms. The third-order valence-electron chi connectivity index (χ3n) is 8.26. The van der Waals surface area contributed by atoms with E-state index in [2.05, 4.69) is 24.6 Å². The maximum Gasteiger partial charge on any atom is 0.356 e. The number of benzene rings is 3. The maximum absolute atomic E-state index is 14.8. The van der Waals surface area contributed by atoms with E-state index in [0.717, 1.165) is 38.7 Å². The maximum atomic E-state index is 14.8. The SMILES string of the molecule is C[Si](C)(C)CCOC(=O)C(N1C(=O)[C@H](CO)[C@H]1SC(=O)CCCSc1ccccn1)=P(c1ccccc1)(c1ccccc1)c1ccccc1. The molecule has 7 nitrogen and oxygen atoms in total. The molecule has 2 heterocycles. The van der Waals surface area contributed by atoms with E-state index in [0.29, 0.717) is 12.2 Å². The Kier molecular flexibility index (Phi) is 12.8. The first kappa shape index (κ1) is 36.9. The summed E-state index contributed by atoms with van der Waals surface area (Å²) in [5.41, 5.74) is 0.234. The Labute approximate surface area is 298 Å². The van der Waals surface area contributed by atoms with Crippen LogP contribution in [0.1, 0.15) is 12.8 Å². The van der Waals surface area contributed by atoms with Gasteiger partial charge in [-0.2, -0.15) is 0 Å². The quantitative estimate of drug-likeness (QED) is 0.0398. The number of aliphatic hydroxyl groups excluding tert-OH is 1. The molecule has 256 valence electrons. The number of likely N-dealkylation sites (tertiary alicyclic amines) is 1. The number of esters is 1. The predicted octanol–water partition coefficient (Wildman–Crippen LogP) is 6.00. The molecule has 1 saturated heterocycles. The van der Waals surface area contributed by atoms with Gasteiger partial charge < -0.3 is 9.84 Å². The Balaban J connectivity index is 1.63. The minimum Gasteiger partial charge on any atom is -0.461 e. The van der Waals surface area contributed by atoms with Gasteiger partial charge >= 0.3 is 5.97 Å². The first-order chi connectivity index (χ1) is 23.7. The molecule has 0 radical (unpaired) electrons. The summed E-state index contributed by atoms with van der Waals surface area (Å²) in [4.78, 5) is 48.3. The van der Waals surface area contributed by atoms with Crippen molar-refractivity contribution < 1.29 is 24.2 Å². The zero-order valence-corrected chi connectivity index (χ0v) is 31.6. The molecule has 1 aliphatic rings. The molecule has 0 aliphatic carbocycles. The average molecular weight is 731 g/mol. The fraction of sp³-hybridized carbons (Fsp3) is 0.289. The van der Waals surface area contributed by atoms with Gasteiger partial charge in [-0.25, -0.2) is 9.78 Å². The van der Waals surface area contributed by atoms with Gasteiger partial charge in [-0.05, 0) is 46.3 Å². The summed E-state index contributed by atoms with van der Waals surface area (Å²) in [5.74, 6) is -1.07. The highest BCUT2D eigenvalue weighted by Crippen LogP contribution is 2.50. The van der Waals surface area contributed by atoms with Crippen molar-refractivity contribution in [2.24, 2.45) is 5.92 Å². The summed E-state index contributed by atoms with van der Waals surface area (Å²) in [6, 6.07) is 36.0. The topological polar surface area (TPSA) is 96.8 Å². The van der Waals surface area contributed by atoms with Crippen LogP contribution in [0.2, 0.25) is 25.7 Å². The van der Waals surface area contributed by atoms with Crippen LogP contribution in [0.25, 0.3) is 0 Å². The first-order valence-corrected chi connectivity index (χ1v) is 23.8. The summed E-state index contributed by atoms with van der Waals surface area (Å²) >= 11 is 2.62. The lowest BCUT2D eigenvalue weighted by atomic mass is 9.99. The second kappa shape index (κ2) is 17.0. The molecule has 49 heavy (non-hydrogen) atoms. The fourth-order valence-corrected chi connectivity index (χ4v) is 12.9. The second-order valence-electron chi connectivity index (χ2n) is 12.9. The van der Waals surface area contributed by atoms with Crippen LogP contribution in [0.4, 0.5) is 0 Å². The molecule has 0 saturated carbocycles. The molecule has 1 fully saturated rings. The summed E-state index contributed by atoms with van der Waals surface area (Å²) in [7, 11) is -1.57. The van der Waals surface area contributed by atoms with E-state index in [-0.39, 0.29) is 29.5 Å². The number of β-lactam (4-membered cyclic amide) rings is 1. The Hall–Kier alpha value is -3.40. The van der Waals surface area contributed by atoms with Crippen molar-refractivity contribution in [2.45, 2.75) is 48.9 Å². The number of carbonyl (C=O) groups excluding carboxylic acids is 3. The Bertz CT molecular complexity index is 1670. The van der Waals surface area contributed by atoms with Gasteiger partial charge in [0.2, 0.25) is 5.91 Å². The van der Waals surface area contributed by atoms with Gasteiger partial charge in [0.25, 0.3) is 0 Å². The third-order valence-corrected chi connectivity index (χ3v) is 16.5. The lowest BCUT2D eigenvalue weighted by molar-refractivity contribution is -0.148. The lowest BCUT2D eigenvalue weighted by Crippen LogP contribution is -2.65. The normalized spacial score (nSPS) is 16.2. The van der Waals surface area contributed by atoms with Gasteiger partial charge in [-0.1, -0.05) is 128 Å².